The van der Waals surface area contributed by atoms with Crippen molar-refractivity contribution in [1.82, 2.24) is 29.5 Å². The van der Waals surface area contributed by atoms with Gasteiger partial charge < -0.3 is 5.32 Å². The molecule has 0 saturated heterocycles. The highest BCUT2D eigenvalue weighted by Gasteiger charge is 2.27. The fraction of sp³-hybridized carbons (Fsp3) is 0.200. The van der Waals surface area contributed by atoms with Crippen molar-refractivity contribution < 1.29 is 0 Å². The standard InChI is InChI=1S/C20H18ClN7/c1-27-11-15(10-23-27)24-20-22-9-13-5-8-16-17(18(13)25-20)19(28(2)26-16)12-3-6-14(21)7-4-12/h3-4,6-7,9-11H,5,8H2,1-2H3,(H,22,24,25). The number of anilines is 2. The highest BCUT2D eigenvalue weighted by Crippen LogP contribution is 2.39. The third-order valence-electron chi connectivity index (χ3n) is 4.93. The van der Waals surface area contributed by atoms with Crippen LogP contribution < -0.4 is 5.32 Å². The first-order valence-electron chi connectivity index (χ1n) is 9.02. The minimum atomic E-state index is 0.547. The lowest BCUT2D eigenvalue weighted by Gasteiger charge is -2.16. The van der Waals surface area contributed by atoms with E-state index in [4.69, 9.17) is 21.7 Å². The van der Waals surface area contributed by atoms with Crippen LogP contribution in [0.1, 0.15) is 11.3 Å². The lowest BCUT2D eigenvalue weighted by Crippen LogP contribution is -2.08. The third-order valence-corrected chi connectivity index (χ3v) is 5.18. The summed E-state index contributed by atoms with van der Waals surface area (Å²) in [5.74, 6) is 0.547. The van der Waals surface area contributed by atoms with E-state index in [0.717, 1.165) is 52.3 Å². The number of hydrogen-bond donors (Lipinski definition) is 1. The smallest absolute Gasteiger partial charge is 0.227 e. The highest BCUT2D eigenvalue weighted by atomic mass is 35.5. The fourth-order valence-electron chi connectivity index (χ4n) is 3.68. The molecule has 7 nitrogen and oxygen atoms in total. The van der Waals surface area contributed by atoms with Gasteiger partial charge in [0.25, 0.3) is 0 Å². The van der Waals surface area contributed by atoms with Gasteiger partial charge >= 0.3 is 0 Å². The molecule has 1 aliphatic rings. The molecule has 1 N–H and O–H groups in total. The quantitative estimate of drug-likeness (QED) is 0.575. The van der Waals surface area contributed by atoms with Crippen LogP contribution in [0.2, 0.25) is 5.02 Å². The number of nitrogens with zero attached hydrogens (tertiary/aromatic N) is 6. The molecule has 0 radical (unpaired) electrons. The van der Waals surface area contributed by atoms with E-state index < -0.39 is 0 Å². The second kappa shape index (κ2) is 6.45. The van der Waals surface area contributed by atoms with E-state index in [1.807, 2.05) is 55.4 Å². The SMILES string of the molecule is Cn1cc(Nc2ncc3c(n2)-c2c(nn(C)c2-c2ccc(Cl)cc2)CC3)cn1. The van der Waals surface area contributed by atoms with E-state index in [1.165, 1.54) is 0 Å². The molecular formula is C20H18ClN7. The maximum atomic E-state index is 6.08. The summed E-state index contributed by atoms with van der Waals surface area (Å²) in [5.41, 5.74) is 7.15. The third kappa shape index (κ3) is 2.84. The van der Waals surface area contributed by atoms with Crippen molar-refractivity contribution in [2.75, 3.05) is 5.32 Å². The van der Waals surface area contributed by atoms with Crippen molar-refractivity contribution in [3.05, 3.63) is 59.1 Å². The molecule has 0 fully saturated rings. The number of fused-ring (bicyclic) bond motifs is 3. The molecule has 0 saturated carbocycles. The van der Waals surface area contributed by atoms with Crippen molar-refractivity contribution in [1.29, 1.82) is 0 Å². The Hall–Kier alpha value is -3.19. The van der Waals surface area contributed by atoms with E-state index in [1.54, 1.807) is 10.9 Å². The second-order valence-corrected chi connectivity index (χ2v) is 7.33. The van der Waals surface area contributed by atoms with Crippen LogP contribution in [0, 0.1) is 0 Å². The van der Waals surface area contributed by atoms with E-state index in [9.17, 15) is 0 Å². The van der Waals surface area contributed by atoms with Gasteiger partial charge in [-0.2, -0.15) is 10.2 Å². The molecule has 140 valence electrons. The van der Waals surface area contributed by atoms with Gasteiger partial charge in [0.2, 0.25) is 5.95 Å². The number of halogens is 1. The Morgan fingerprint density at radius 3 is 2.64 bits per heavy atom. The Morgan fingerprint density at radius 1 is 1.07 bits per heavy atom. The van der Waals surface area contributed by atoms with Crippen LogP contribution in [0.4, 0.5) is 11.6 Å². The van der Waals surface area contributed by atoms with Crippen LogP contribution in [0.15, 0.2) is 42.9 Å². The summed E-state index contributed by atoms with van der Waals surface area (Å²) in [7, 11) is 3.84. The molecule has 3 heterocycles. The summed E-state index contributed by atoms with van der Waals surface area (Å²) < 4.78 is 3.66. The maximum Gasteiger partial charge on any atom is 0.227 e. The first-order valence-corrected chi connectivity index (χ1v) is 9.40. The molecule has 8 heteroatoms. The molecule has 0 aliphatic heterocycles. The van der Waals surface area contributed by atoms with Gasteiger partial charge in [0, 0.05) is 42.6 Å². The van der Waals surface area contributed by atoms with Crippen LogP contribution in [-0.2, 0) is 26.9 Å². The normalized spacial score (nSPS) is 12.5. The van der Waals surface area contributed by atoms with E-state index in [-0.39, 0.29) is 0 Å². The molecule has 1 aromatic carbocycles. The number of nitrogens with one attached hydrogen (secondary N) is 1. The Labute approximate surface area is 167 Å². The summed E-state index contributed by atoms with van der Waals surface area (Å²) in [5, 5.41) is 12.9. The number of rotatable bonds is 3. The molecule has 0 amide bonds. The topological polar surface area (TPSA) is 73.5 Å². The second-order valence-electron chi connectivity index (χ2n) is 6.90. The molecule has 5 rings (SSSR count). The van der Waals surface area contributed by atoms with Crippen LogP contribution in [0.3, 0.4) is 0 Å². The largest absolute Gasteiger partial charge is 0.321 e. The van der Waals surface area contributed by atoms with E-state index in [0.29, 0.717) is 11.0 Å². The van der Waals surface area contributed by atoms with Gasteiger partial charge in [-0.05, 0) is 30.5 Å². The first-order chi connectivity index (χ1) is 13.6. The lowest BCUT2D eigenvalue weighted by molar-refractivity contribution is 0.741. The summed E-state index contributed by atoms with van der Waals surface area (Å²) in [4.78, 5) is 9.32. The predicted molar refractivity (Wildman–Crippen MR) is 109 cm³/mol. The van der Waals surface area contributed by atoms with Gasteiger partial charge in [-0.1, -0.05) is 23.7 Å². The number of aromatic nitrogens is 6. The monoisotopic (exact) mass is 391 g/mol. The molecule has 3 aromatic heterocycles. The molecular weight excluding hydrogens is 374 g/mol. The van der Waals surface area contributed by atoms with Crippen LogP contribution in [0.5, 0.6) is 0 Å². The fourth-order valence-corrected chi connectivity index (χ4v) is 3.80. The van der Waals surface area contributed by atoms with Crippen LogP contribution >= 0.6 is 11.6 Å². The van der Waals surface area contributed by atoms with Gasteiger partial charge in [-0.25, -0.2) is 9.97 Å². The Balaban J connectivity index is 1.63. The zero-order valence-corrected chi connectivity index (χ0v) is 16.3. The number of aryl methyl sites for hydroxylation is 4. The van der Waals surface area contributed by atoms with Crippen molar-refractivity contribution >= 4 is 23.2 Å². The molecule has 0 unspecified atom stereocenters. The molecule has 4 aromatic rings. The van der Waals surface area contributed by atoms with Gasteiger partial charge in [-0.3, -0.25) is 9.36 Å². The number of hydrogen-bond acceptors (Lipinski definition) is 5. The summed E-state index contributed by atoms with van der Waals surface area (Å²) >= 11 is 6.08. The molecule has 0 spiro atoms. The Bertz CT molecular complexity index is 1170. The van der Waals surface area contributed by atoms with Gasteiger partial charge in [0.1, 0.15) is 0 Å². The van der Waals surface area contributed by atoms with Gasteiger partial charge in [-0.15, -0.1) is 0 Å². The summed E-state index contributed by atoms with van der Waals surface area (Å²) in [6.07, 6.45) is 7.30. The summed E-state index contributed by atoms with van der Waals surface area (Å²) in [6.45, 7) is 0. The Morgan fingerprint density at radius 2 is 1.89 bits per heavy atom. The highest BCUT2D eigenvalue weighted by molar-refractivity contribution is 6.30. The van der Waals surface area contributed by atoms with Gasteiger partial charge in [0.05, 0.1) is 29.0 Å². The average Bonchev–Trinajstić information content (AvgIpc) is 3.24. The van der Waals surface area contributed by atoms with Crippen LogP contribution in [0.25, 0.3) is 22.5 Å². The van der Waals surface area contributed by atoms with Crippen molar-refractivity contribution in [2.24, 2.45) is 14.1 Å². The molecule has 0 atom stereocenters. The van der Waals surface area contributed by atoms with Crippen LogP contribution in [-0.4, -0.2) is 29.5 Å². The molecule has 28 heavy (non-hydrogen) atoms. The average molecular weight is 392 g/mol. The molecule has 0 bridgehead atoms. The van der Waals surface area contributed by atoms with Gasteiger partial charge in [0.15, 0.2) is 0 Å². The van der Waals surface area contributed by atoms with Crippen molar-refractivity contribution in [2.45, 2.75) is 12.8 Å². The summed E-state index contributed by atoms with van der Waals surface area (Å²) in [6, 6.07) is 7.83. The van der Waals surface area contributed by atoms with E-state index >= 15 is 0 Å². The maximum absolute atomic E-state index is 6.08. The zero-order chi connectivity index (χ0) is 19.3. The Kier molecular flexibility index (Phi) is 3.91. The molecule has 1 aliphatic carbocycles. The lowest BCUT2D eigenvalue weighted by atomic mass is 9.91. The first kappa shape index (κ1) is 16.9. The van der Waals surface area contributed by atoms with E-state index in [2.05, 4.69) is 15.4 Å². The zero-order valence-electron chi connectivity index (χ0n) is 15.5. The minimum Gasteiger partial charge on any atom is -0.321 e. The van der Waals surface area contributed by atoms with Crippen molar-refractivity contribution in [3.63, 3.8) is 0 Å². The minimum absolute atomic E-state index is 0.547. The predicted octanol–water partition coefficient (Wildman–Crippen LogP) is 3.77. The number of benzene rings is 1. The van der Waals surface area contributed by atoms with Crippen molar-refractivity contribution in [3.8, 4) is 22.5 Å².